The Bertz CT molecular complexity index is 561. The summed E-state index contributed by atoms with van der Waals surface area (Å²) in [6, 6.07) is 7.77. The summed E-state index contributed by atoms with van der Waals surface area (Å²) in [6.07, 6.45) is -0.565. The molecule has 0 radical (unpaired) electrons. The number of aryl methyl sites for hydroxylation is 3. The van der Waals surface area contributed by atoms with Crippen LogP contribution in [0.3, 0.4) is 0 Å². The third-order valence-corrected chi connectivity index (χ3v) is 3.39. The average Bonchev–Trinajstić information content (AvgIpc) is 2.78. The minimum Gasteiger partial charge on any atom is -0.491 e. The average molecular weight is 290 g/mol. The molecule has 2 rings (SSSR count). The predicted octanol–water partition coefficient (Wildman–Crippen LogP) is 2.13. The number of aliphatic hydroxyl groups is 1. The van der Waals surface area contributed by atoms with Crippen LogP contribution in [0.1, 0.15) is 22.6 Å². The number of para-hydroxylation sites is 1. The van der Waals surface area contributed by atoms with Gasteiger partial charge in [0.2, 0.25) is 0 Å². The topological polar surface area (TPSA) is 67.5 Å². The Hall–Kier alpha value is -1.85. The molecule has 2 aromatic rings. The van der Waals surface area contributed by atoms with Crippen molar-refractivity contribution < 1.29 is 14.4 Å². The van der Waals surface area contributed by atoms with Gasteiger partial charge in [-0.2, -0.15) is 0 Å². The Kier molecular flexibility index (Phi) is 5.36. The highest BCUT2D eigenvalue weighted by molar-refractivity contribution is 5.31. The molecular formula is C16H22N2O3. The van der Waals surface area contributed by atoms with E-state index in [0.717, 1.165) is 28.3 Å². The van der Waals surface area contributed by atoms with E-state index in [9.17, 15) is 5.11 Å². The summed E-state index contributed by atoms with van der Waals surface area (Å²) in [6.45, 7) is 7.12. The predicted molar refractivity (Wildman–Crippen MR) is 80.4 cm³/mol. The Morgan fingerprint density at radius 1 is 1.29 bits per heavy atom. The van der Waals surface area contributed by atoms with Gasteiger partial charge in [-0.3, -0.25) is 0 Å². The standard InChI is InChI=1S/C16H22N2O3/c1-11-6-4-5-7-16(11)20-10-14(19)8-17-9-15-12(2)18-21-13(15)3/h4-7,14,17,19H,8-10H2,1-3H3. The summed E-state index contributed by atoms with van der Waals surface area (Å²) in [5.41, 5.74) is 2.99. The van der Waals surface area contributed by atoms with Gasteiger partial charge in [0.1, 0.15) is 24.2 Å². The molecule has 1 heterocycles. The van der Waals surface area contributed by atoms with Crippen molar-refractivity contribution in [3.63, 3.8) is 0 Å². The first-order valence-corrected chi connectivity index (χ1v) is 7.07. The van der Waals surface area contributed by atoms with E-state index < -0.39 is 6.10 Å². The zero-order chi connectivity index (χ0) is 15.2. The molecule has 0 saturated heterocycles. The molecule has 1 aromatic heterocycles. The zero-order valence-corrected chi connectivity index (χ0v) is 12.7. The van der Waals surface area contributed by atoms with Crippen molar-refractivity contribution in [2.24, 2.45) is 0 Å². The van der Waals surface area contributed by atoms with E-state index in [0.29, 0.717) is 13.1 Å². The van der Waals surface area contributed by atoms with Crippen molar-refractivity contribution in [2.45, 2.75) is 33.4 Å². The van der Waals surface area contributed by atoms with Gasteiger partial charge in [0, 0.05) is 18.7 Å². The number of aromatic nitrogens is 1. The smallest absolute Gasteiger partial charge is 0.138 e. The molecule has 5 nitrogen and oxygen atoms in total. The van der Waals surface area contributed by atoms with Gasteiger partial charge < -0.3 is 19.7 Å². The normalized spacial score (nSPS) is 12.4. The molecule has 1 atom stereocenters. The van der Waals surface area contributed by atoms with Crippen LogP contribution in [0.15, 0.2) is 28.8 Å². The Morgan fingerprint density at radius 3 is 2.71 bits per heavy atom. The van der Waals surface area contributed by atoms with E-state index in [1.54, 1.807) is 0 Å². The van der Waals surface area contributed by atoms with E-state index in [1.807, 2.05) is 45.0 Å². The molecule has 0 aliphatic rings. The molecule has 114 valence electrons. The lowest BCUT2D eigenvalue weighted by Crippen LogP contribution is -2.31. The lowest BCUT2D eigenvalue weighted by atomic mass is 10.2. The van der Waals surface area contributed by atoms with Crippen LogP contribution >= 0.6 is 0 Å². The summed E-state index contributed by atoms with van der Waals surface area (Å²) in [4.78, 5) is 0. The Labute approximate surface area is 124 Å². The second-order valence-corrected chi connectivity index (χ2v) is 5.16. The van der Waals surface area contributed by atoms with Gasteiger partial charge in [-0.1, -0.05) is 23.4 Å². The number of aliphatic hydroxyl groups excluding tert-OH is 1. The maximum Gasteiger partial charge on any atom is 0.138 e. The van der Waals surface area contributed by atoms with Crippen molar-refractivity contribution in [1.29, 1.82) is 0 Å². The van der Waals surface area contributed by atoms with Gasteiger partial charge in [-0.15, -0.1) is 0 Å². The monoisotopic (exact) mass is 290 g/mol. The molecule has 1 aromatic carbocycles. The summed E-state index contributed by atoms with van der Waals surface area (Å²) < 4.78 is 10.7. The van der Waals surface area contributed by atoms with Crippen LogP contribution in [-0.2, 0) is 6.54 Å². The number of hydrogen-bond donors (Lipinski definition) is 2. The molecule has 2 N–H and O–H groups in total. The largest absolute Gasteiger partial charge is 0.491 e. The van der Waals surface area contributed by atoms with Crippen molar-refractivity contribution >= 4 is 0 Å². The molecule has 0 bridgehead atoms. The number of rotatable bonds is 7. The summed E-state index contributed by atoms with van der Waals surface area (Å²) >= 11 is 0. The molecular weight excluding hydrogens is 268 g/mol. The lowest BCUT2D eigenvalue weighted by Gasteiger charge is -2.14. The SMILES string of the molecule is Cc1ccccc1OCC(O)CNCc1c(C)noc1C. The zero-order valence-electron chi connectivity index (χ0n) is 12.7. The second kappa shape index (κ2) is 7.24. The highest BCUT2D eigenvalue weighted by atomic mass is 16.5. The van der Waals surface area contributed by atoms with E-state index in [2.05, 4.69) is 10.5 Å². The number of hydrogen-bond acceptors (Lipinski definition) is 5. The number of benzene rings is 1. The number of ether oxygens (including phenoxy) is 1. The molecule has 0 saturated carbocycles. The van der Waals surface area contributed by atoms with E-state index in [-0.39, 0.29) is 6.61 Å². The van der Waals surface area contributed by atoms with E-state index >= 15 is 0 Å². The Morgan fingerprint density at radius 2 is 2.05 bits per heavy atom. The molecule has 0 aliphatic heterocycles. The summed E-state index contributed by atoms with van der Waals surface area (Å²) in [5.74, 6) is 1.62. The van der Waals surface area contributed by atoms with E-state index in [4.69, 9.17) is 9.26 Å². The molecule has 1 unspecified atom stereocenters. The van der Waals surface area contributed by atoms with Gasteiger partial charge >= 0.3 is 0 Å². The highest BCUT2D eigenvalue weighted by Gasteiger charge is 2.10. The van der Waals surface area contributed by atoms with Crippen LogP contribution < -0.4 is 10.1 Å². The van der Waals surface area contributed by atoms with Crippen LogP contribution in [0.5, 0.6) is 5.75 Å². The molecule has 0 fully saturated rings. The van der Waals surface area contributed by atoms with Crippen LogP contribution in [0.25, 0.3) is 0 Å². The molecule has 0 aliphatic carbocycles. The third kappa shape index (κ3) is 4.31. The minimum atomic E-state index is -0.565. The lowest BCUT2D eigenvalue weighted by molar-refractivity contribution is 0.106. The highest BCUT2D eigenvalue weighted by Crippen LogP contribution is 2.16. The minimum absolute atomic E-state index is 0.263. The first-order valence-electron chi connectivity index (χ1n) is 7.07. The van der Waals surface area contributed by atoms with Gasteiger partial charge in [0.15, 0.2) is 0 Å². The number of nitrogens with zero attached hydrogens (tertiary/aromatic N) is 1. The molecule has 5 heteroatoms. The number of nitrogens with one attached hydrogen (secondary N) is 1. The van der Waals surface area contributed by atoms with Crippen molar-refractivity contribution in [3.8, 4) is 5.75 Å². The summed E-state index contributed by atoms with van der Waals surface area (Å²) in [5, 5.41) is 17.0. The van der Waals surface area contributed by atoms with Gasteiger partial charge in [0.05, 0.1) is 5.69 Å². The van der Waals surface area contributed by atoms with Crippen LogP contribution in [0, 0.1) is 20.8 Å². The quantitative estimate of drug-likeness (QED) is 0.817. The third-order valence-electron chi connectivity index (χ3n) is 3.39. The summed E-state index contributed by atoms with van der Waals surface area (Å²) in [7, 11) is 0. The Balaban J connectivity index is 1.73. The fourth-order valence-corrected chi connectivity index (χ4v) is 2.08. The fraction of sp³-hybridized carbons (Fsp3) is 0.438. The van der Waals surface area contributed by atoms with Crippen LogP contribution in [0.4, 0.5) is 0 Å². The first kappa shape index (κ1) is 15.5. The van der Waals surface area contributed by atoms with Crippen LogP contribution in [0.2, 0.25) is 0 Å². The van der Waals surface area contributed by atoms with E-state index in [1.165, 1.54) is 0 Å². The molecule has 0 amide bonds. The molecule has 21 heavy (non-hydrogen) atoms. The van der Waals surface area contributed by atoms with Crippen molar-refractivity contribution in [1.82, 2.24) is 10.5 Å². The van der Waals surface area contributed by atoms with Gasteiger partial charge in [0.25, 0.3) is 0 Å². The fourth-order valence-electron chi connectivity index (χ4n) is 2.08. The van der Waals surface area contributed by atoms with Crippen molar-refractivity contribution in [3.05, 3.63) is 46.8 Å². The van der Waals surface area contributed by atoms with Gasteiger partial charge in [-0.05, 0) is 32.4 Å². The second-order valence-electron chi connectivity index (χ2n) is 5.16. The molecule has 0 spiro atoms. The van der Waals surface area contributed by atoms with Gasteiger partial charge in [-0.25, -0.2) is 0 Å². The maximum atomic E-state index is 9.94. The van der Waals surface area contributed by atoms with Crippen molar-refractivity contribution in [2.75, 3.05) is 13.2 Å². The van der Waals surface area contributed by atoms with Crippen LogP contribution in [-0.4, -0.2) is 29.5 Å². The maximum absolute atomic E-state index is 9.94. The first-order chi connectivity index (χ1) is 10.1.